The first-order valence-corrected chi connectivity index (χ1v) is 9.10. The van der Waals surface area contributed by atoms with Crippen molar-refractivity contribution in [1.29, 1.82) is 0 Å². The minimum absolute atomic E-state index is 0.136. The molecule has 0 bridgehead atoms. The molecule has 128 valence electrons. The van der Waals surface area contributed by atoms with Crippen LogP contribution in [-0.2, 0) is 7.05 Å². The molecule has 0 radical (unpaired) electrons. The van der Waals surface area contributed by atoms with E-state index in [0.29, 0.717) is 11.8 Å². The van der Waals surface area contributed by atoms with Gasteiger partial charge in [-0.15, -0.1) is 0 Å². The van der Waals surface area contributed by atoms with E-state index in [1.54, 1.807) is 23.5 Å². The summed E-state index contributed by atoms with van der Waals surface area (Å²) in [5.74, 6) is 0.610. The molecule has 0 unspecified atom stereocenters. The normalized spacial score (nSPS) is 16.8. The molecule has 1 aromatic carbocycles. The maximum Gasteiger partial charge on any atom is 0.203 e. The number of aromatic nitrogens is 2. The van der Waals surface area contributed by atoms with Crippen LogP contribution in [0.1, 0.15) is 42.7 Å². The monoisotopic (exact) mass is 345 g/mol. The second-order valence-electron chi connectivity index (χ2n) is 6.03. The van der Waals surface area contributed by atoms with Crippen LogP contribution in [0.5, 0.6) is 11.5 Å². The van der Waals surface area contributed by atoms with Crippen LogP contribution >= 0.6 is 11.3 Å². The highest BCUT2D eigenvalue weighted by molar-refractivity contribution is 7.09. The Labute approximate surface area is 146 Å². The van der Waals surface area contributed by atoms with Crippen LogP contribution in [0.2, 0.25) is 0 Å². The number of phenols is 1. The zero-order chi connectivity index (χ0) is 16.9. The van der Waals surface area contributed by atoms with E-state index in [0.717, 1.165) is 15.4 Å². The van der Waals surface area contributed by atoms with Gasteiger partial charge in [-0.1, -0.05) is 42.7 Å². The Kier molecular flexibility index (Phi) is 5.35. The maximum atomic E-state index is 9.83. The van der Waals surface area contributed by atoms with Gasteiger partial charge in [0.25, 0.3) is 0 Å². The van der Waals surface area contributed by atoms with Crippen molar-refractivity contribution in [3.8, 4) is 11.5 Å². The van der Waals surface area contributed by atoms with E-state index in [1.807, 2.05) is 29.9 Å². The van der Waals surface area contributed by atoms with Crippen molar-refractivity contribution in [3.05, 3.63) is 33.6 Å². The van der Waals surface area contributed by atoms with Gasteiger partial charge in [0, 0.05) is 7.05 Å². The maximum absolute atomic E-state index is 9.83. The van der Waals surface area contributed by atoms with E-state index < -0.39 is 0 Å². The van der Waals surface area contributed by atoms with E-state index in [2.05, 4.69) is 5.10 Å². The molecule has 1 saturated carbocycles. The fraction of sp³-hybridized carbons (Fsp3) is 0.444. The number of aromatic hydroxyl groups is 1. The Balaban J connectivity index is 1.77. The molecule has 2 aromatic rings. The smallest absolute Gasteiger partial charge is 0.203 e. The van der Waals surface area contributed by atoms with Crippen molar-refractivity contribution in [2.75, 3.05) is 7.11 Å². The molecule has 0 amide bonds. The molecule has 24 heavy (non-hydrogen) atoms. The summed E-state index contributed by atoms with van der Waals surface area (Å²) in [6.45, 7) is 0. The molecule has 6 heteroatoms. The third kappa shape index (κ3) is 4.06. The Morgan fingerprint density at radius 1 is 1.29 bits per heavy atom. The van der Waals surface area contributed by atoms with Crippen molar-refractivity contribution in [2.45, 2.75) is 38.1 Å². The average molecular weight is 345 g/mol. The summed E-state index contributed by atoms with van der Waals surface area (Å²) in [5, 5.41) is 15.2. The fourth-order valence-corrected chi connectivity index (χ4v) is 3.75. The molecule has 1 N–H and O–H groups in total. The molecule has 1 aliphatic carbocycles. The number of hydrogen-bond donors (Lipinski definition) is 1. The lowest BCUT2D eigenvalue weighted by molar-refractivity contribution is 0.373. The number of aryl methyl sites for hydroxylation is 1. The second kappa shape index (κ2) is 7.66. The highest BCUT2D eigenvalue weighted by atomic mass is 32.1. The number of nitrogens with zero attached hydrogens (tertiary/aromatic N) is 3. The standard InChI is InChI=1S/C18H23N3O2S/c1-21-18(19-14-6-4-3-5-7-14)24-17(20-21)11-9-13-8-10-16(23-2)15(22)12-13/h8-12,14,22H,3-7H2,1-2H3/b11-9?,19-18+. The molecule has 5 nitrogen and oxygen atoms in total. The predicted molar refractivity (Wildman–Crippen MR) is 97.1 cm³/mol. The first-order valence-electron chi connectivity index (χ1n) is 8.29. The van der Waals surface area contributed by atoms with Crippen LogP contribution in [-0.4, -0.2) is 28.0 Å². The topological polar surface area (TPSA) is 59.6 Å². The van der Waals surface area contributed by atoms with Gasteiger partial charge >= 0.3 is 0 Å². The van der Waals surface area contributed by atoms with Gasteiger partial charge in [-0.3, -0.25) is 4.99 Å². The minimum Gasteiger partial charge on any atom is -0.504 e. The number of phenolic OH excluding ortho intramolecular Hbond substituents is 1. The number of ether oxygens (including phenoxy) is 1. The zero-order valence-corrected chi connectivity index (χ0v) is 14.9. The van der Waals surface area contributed by atoms with Crippen LogP contribution in [0.3, 0.4) is 0 Å². The SMILES string of the molecule is COc1ccc(C=Cc2nn(C)/c(=N\C3CCCCC3)s2)cc1O. The van der Waals surface area contributed by atoms with Gasteiger partial charge in [0.1, 0.15) is 5.01 Å². The third-order valence-electron chi connectivity index (χ3n) is 4.21. The van der Waals surface area contributed by atoms with E-state index in [4.69, 9.17) is 9.73 Å². The largest absolute Gasteiger partial charge is 0.504 e. The summed E-state index contributed by atoms with van der Waals surface area (Å²) in [4.78, 5) is 5.83. The Morgan fingerprint density at radius 2 is 2.08 bits per heavy atom. The highest BCUT2D eigenvalue weighted by Crippen LogP contribution is 2.27. The molecule has 0 saturated heterocycles. The van der Waals surface area contributed by atoms with E-state index in [1.165, 1.54) is 39.2 Å². The number of rotatable bonds is 4. The molecule has 0 spiro atoms. The number of hydrogen-bond acceptors (Lipinski definition) is 5. The predicted octanol–water partition coefficient (Wildman–Crippen LogP) is 3.60. The van der Waals surface area contributed by atoms with E-state index in [9.17, 15) is 5.11 Å². The lowest BCUT2D eigenvalue weighted by atomic mass is 9.96. The van der Waals surface area contributed by atoms with Gasteiger partial charge in [-0.25, -0.2) is 4.68 Å². The van der Waals surface area contributed by atoms with Gasteiger partial charge < -0.3 is 9.84 Å². The molecule has 1 fully saturated rings. The third-order valence-corrected chi connectivity index (χ3v) is 5.19. The first kappa shape index (κ1) is 16.8. The first-order chi connectivity index (χ1) is 11.7. The van der Waals surface area contributed by atoms with Gasteiger partial charge in [-0.05, 0) is 36.6 Å². The van der Waals surface area contributed by atoms with Crippen LogP contribution in [0, 0.1) is 0 Å². The van der Waals surface area contributed by atoms with E-state index in [-0.39, 0.29) is 5.75 Å². The summed E-state index contributed by atoms with van der Waals surface area (Å²) in [6.07, 6.45) is 10.2. The molecule has 0 atom stereocenters. The summed E-state index contributed by atoms with van der Waals surface area (Å²) in [7, 11) is 3.48. The number of benzene rings is 1. The summed E-state index contributed by atoms with van der Waals surface area (Å²) >= 11 is 1.60. The minimum atomic E-state index is 0.136. The average Bonchev–Trinajstić information content (AvgIpc) is 2.94. The second-order valence-corrected chi connectivity index (χ2v) is 7.02. The van der Waals surface area contributed by atoms with Gasteiger partial charge in [0.15, 0.2) is 11.5 Å². The quantitative estimate of drug-likeness (QED) is 0.921. The zero-order valence-electron chi connectivity index (χ0n) is 14.1. The van der Waals surface area contributed by atoms with Crippen LogP contribution in [0.15, 0.2) is 23.2 Å². The van der Waals surface area contributed by atoms with Crippen LogP contribution in [0.25, 0.3) is 12.2 Å². The van der Waals surface area contributed by atoms with E-state index >= 15 is 0 Å². The lowest BCUT2D eigenvalue weighted by Gasteiger charge is -2.16. The van der Waals surface area contributed by atoms with Gasteiger partial charge in [0.05, 0.1) is 13.2 Å². The molecule has 0 aliphatic heterocycles. The summed E-state index contributed by atoms with van der Waals surface area (Å²) < 4.78 is 6.91. The Bertz CT molecular complexity index is 786. The Hall–Kier alpha value is -2.08. The summed E-state index contributed by atoms with van der Waals surface area (Å²) in [5.41, 5.74) is 0.900. The van der Waals surface area contributed by atoms with Gasteiger partial charge in [-0.2, -0.15) is 5.10 Å². The summed E-state index contributed by atoms with van der Waals surface area (Å²) in [6, 6.07) is 5.77. The Morgan fingerprint density at radius 3 is 2.79 bits per heavy atom. The van der Waals surface area contributed by atoms with Gasteiger partial charge in [0.2, 0.25) is 4.80 Å². The highest BCUT2D eigenvalue weighted by Gasteiger charge is 2.12. The molecule has 3 rings (SSSR count). The van der Waals surface area contributed by atoms with Crippen LogP contribution < -0.4 is 9.54 Å². The lowest BCUT2D eigenvalue weighted by Crippen LogP contribution is -2.18. The van der Waals surface area contributed by atoms with Crippen molar-refractivity contribution in [3.63, 3.8) is 0 Å². The molecular formula is C18H23N3O2S. The van der Waals surface area contributed by atoms with Crippen molar-refractivity contribution >= 4 is 23.5 Å². The van der Waals surface area contributed by atoms with Crippen LogP contribution in [0.4, 0.5) is 0 Å². The fourth-order valence-electron chi connectivity index (χ4n) is 2.89. The van der Waals surface area contributed by atoms with Crippen molar-refractivity contribution < 1.29 is 9.84 Å². The molecular weight excluding hydrogens is 322 g/mol. The molecule has 1 aliphatic rings. The number of methoxy groups -OCH3 is 1. The molecule has 1 heterocycles. The van der Waals surface area contributed by atoms with Crippen molar-refractivity contribution in [1.82, 2.24) is 9.78 Å². The van der Waals surface area contributed by atoms with Crippen molar-refractivity contribution in [2.24, 2.45) is 12.0 Å². The molecule has 1 aromatic heterocycles.